The first-order valence-electron chi connectivity index (χ1n) is 10.6. The first kappa shape index (κ1) is 22.0. The van der Waals surface area contributed by atoms with Gasteiger partial charge in [0, 0.05) is 23.6 Å². The number of fused-ring (bicyclic) bond motifs is 3. The first-order chi connectivity index (χ1) is 15.0. The number of amides is 1. The van der Waals surface area contributed by atoms with Gasteiger partial charge >= 0.3 is 0 Å². The summed E-state index contributed by atoms with van der Waals surface area (Å²) in [4.78, 5) is 36.9. The second kappa shape index (κ2) is 9.97. The Kier molecular flexibility index (Phi) is 7.09. The molecule has 0 bridgehead atoms. The normalized spacial score (nSPS) is 14.2. The Morgan fingerprint density at radius 3 is 2.87 bits per heavy atom. The Morgan fingerprint density at radius 2 is 2.10 bits per heavy atom. The number of thioether (sulfide) groups is 1. The molecule has 0 aliphatic heterocycles. The molecule has 0 spiro atoms. The molecule has 1 aromatic carbocycles. The third-order valence-electron chi connectivity index (χ3n) is 5.42. The SMILES string of the molecule is CN(C)CC(NC(=O)CCSCc1nc2sc3c(c2c(=O)[nH]1)CCC3)c1ccccc1. The third-order valence-corrected chi connectivity index (χ3v) is 7.58. The highest BCUT2D eigenvalue weighted by Gasteiger charge is 2.21. The summed E-state index contributed by atoms with van der Waals surface area (Å²) in [6.07, 6.45) is 3.62. The molecule has 1 unspecified atom stereocenters. The van der Waals surface area contributed by atoms with Crippen molar-refractivity contribution in [2.24, 2.45) is 0 Å². The Bertz CT molecular complexity index is 1110. The number of aromatic amines is 1. The van der Waals surface area contributed by atoms with Gasteiger partial charge in [-0.1, -0.05) is 30.3 Å². The van der Waals surface area contributed by atoms with Crippen LogP contribution in [-0.2, 0) is 23.4 Å². The summed E-state index contributed by atoms with van der Waals surface area (Å²) in [6.45, 7) is 0.749. The number of H-pyrrole nitrogens is 1. The topological polar surface area (TPSA) is 78.1 Å². The predicted octanol–water partition coefficient (Wildman–Crippen LogP) is 3.52. The summed E-state index contributed by atoms with van der Waals surface area (Å²) >= 11 is 3.28. The molecule has 31 heavy (non-hydrogen) atoms. The maximum absolute atomic E-state index is 12.5. The summed E-state index contributed by atoms with van der Waals surface area (Å²) in [5, 5.41) is 3.94. The Balaban J connectivity index is 1.30. The maximum Gasteiger partial charge on any atom is 0.259 e. The number of thiophene rings is 1. The number of hydrogen-bond acceptors (Lipinski definition) is 6. The number of carbonyl (C=O) groups is 1. The number of benzene rings is 1. The molecule has 2 heterocycles. The molecule has 2 aromatic heterocycles. The number of likely N-dealkylation sites (N-methyl/N-ethyl adjacent to an activating group) is 1. The minimum Gasteiger partial charge on any atom is -0.348 e. The lowest BCUT2D eigenvalue weighted by Gasteiger charge is -2.23. The van der Waals surface area contributed by atoms with Crippen LogP contribution in [0.1, 0.15) is 40.7 Å². The van der Waals surface area contributed by atoms with Crippen LogP contribution in [0.5, 0.6) is 0 Å². The van der Waals surface area contributed by atoms with Crippen molar-refractivity contribution in [1.29, 1.82) is 0 Å². The van der Waals surface area contributed by atoms with Gasteiger partial charge in [-0.25, -0.2) is 4.98 Å². The van der Waals surface area contributed by atoms with Crippen LogP contribution >= 0.6 is 23.1 Å². The number of aromatic nitrogens is 2. The van der Waals surface area contributed by atoms with E-state index in [1.54, 1.807) is 23.1 Å². The number of rotatable bonds is 9. The highest BCUT2D eigenvalue weighted by Crippen LogP contribution is 2.34. The van der Waals surface area contributed by atoms with Crippen molar-refractivity contribution in [2.75, 3.05) is 26.4 Å². The average molecular weight is 457 g/mol. The van der Waals surface area contributed by atoms with Crippen LogP contribution in [0.2, 0.25) is 0 Å². The van der Waals surface area contributed by atoms with Gasteiger partial charge in [0.2, 0.25) is 5.91 Å². The molecule has 2 N–H and O–H groups in total. The van der Waals surface area contributed by atoms with E-state index in [0.717, 1.165) is 41.6 Å². The number of carbonyl (C=O) groups excluding carboxylic acids is 1. The second-order valence-electron chi connectivity index (χ2n) is 8.15. The van der Waals surface area contributed by atoms with Gasteiger partial charge in [-0.15, -0.1) is 11.3 Å². The van der Waals surface area contributed by atoms with E-state index in [2.05, 4.69) is 20.2 Å². The van der Waals surface area contributed by atoms with Crippen molar-refractivity contribution in [3.05, 3.63) is 62.5 Å². The second-order valence-corrected chi connectivity index (χ2v) is 10.3. The largest absolute Gasteiger partial charge is 0.348 e. The van der Waals surface area contributed by atoms with Crippen LogP contribution in [0.25, 0.3) is 10.2 Å². The monoisotopic (exact) mass is 456 g/mol. The van der Waals surface area contributed by atoms with Crippen molar-refractivity contribution in [3.63, 3.8) is 0 Å². The van der Waals surface area contributed by atoms with Gasteiger partial charge in [0.1, 0.15) is 10.7 Å². The molecule has 6 nitrogen and oxygen atoms in total. The molecule has 164 valence electrons. The van der Waals surface area contributed by atoms with Gasteiger partial charge in [0.05, 0.1) is 17.2 Å². The molecule has 0 saturated heterocycles. The van der Waals surface area contributed by atoms with Crippen LogP contribution in [0.3, 0.4) is 0 Å². The molecule has 1 aliphatic rings. The van der Waals surface area contributed by atoms with E-state index in [4.69, 9.17) is 0 Å². The molecule has 0 fully saturated rings. The van der Waals surface area contributed by atoms with Gasteiger partial charge in [0.15, 0.2) is 0 Å². The predicted molar refractivity (Wildman–Crippen MR) is 129 cm³/mol. The van der Waals surface area contributed by atoms with Crippen molar-refractivity contribution in [3.8, 4) is 0 Å². The summed E-state index contributed by atoms with van der Waals surface area (Å²) in [5.41, 5.74) is 2.29. The van der Waals surface area contributed by atoms with E-state index in [9.17, 15) is 9.59 Å². The zero-order chi connectivity index (χ0) is 21.8. The lowest BCUT2D eigenvalue weighted by atomic mass is 10.1. The third kappa shape index (κ3) is 5.37. The minimum absolute atomic E-state index is 0.0212. The molecule has 1 amide bonds. The van der Waals surface area contributed by atoms with Gasteiger partial charge in [-0.3, -0.25) is 9.59 Å². The molecule has 0 radical (unpaired) electrons. The first-order valence-corrected chi connectivity index (χ1v) is 12.6. The highest BCUT2D eigenvalue weighted by molar-refractivity contribution is 7.98. The van der Waals surface area contributed by atoms with Crippen molar-refractivity contribution >= 4 is 39.2 Å². The number of hydrogen-bond donors (Lipinski definition) is 2. The Morgan fingerprint density at radius 1 is 1.29 bits per heavy atom. The fraction of sp³-hybridized carbons (Fsp3) is 0.435. The van der Waals surface area contributed by atoms with Crippen LogP contribution < -0.4 is 10.9 Å². The minimum atomic E-state index is -0.0325. The van der Waals surface area contributed by atoms with Gasteiger partial charge in [-0.05, 0) is 44.5 Å². The molecule has 1 atom stereocenters. The van der Waals surface area contributed by atoms with Crippen molar-refractivity contribution in [2.45, 2.75) is 37.5 Å². The fourth-order valence-electron chi connectivity index (χ4n) is 4.00. The highest BCUT2D eigenvalue weighted by atomic mass is 32.2. The Labute approximate surface area is 190 Å². The molecule has 8 heteroatoms. The Hall–Kier alpha value is -2.16. The van der Waals surface area contributed by atoms with Gasteiger partial charge < -0.3 is 15.2 Å². The summed E-state index contributed by atoms with van der Waals surface area (Å²) in [6, 6.07) is 10.0. The summed E-state index contributed by atoms with van der Waals surface area (Å²) in [5.74, 6) is 2.01. The van der Waals surface area contributed by atoms with Gasteiger partial charge in [-0.2, -0.15) is 11.8 Å². The van der Waals surface area contributed by atoms with Crippen LogP contribution in [0.15, 0.2) is 35.1 Å². The van der Waals surface area contributed by atoms with Crippen molar-refractivity contribution in [1.82, 2.24) is 20.2 Å². The van der Waals surface area contributed by atoms with E-state index in [-0.39, 0.29) is 17.5 Å². The summed E-state index contributed by atoms with van der Waals surface area (Å²) in [7, 11) is 4.01. The average Bonchev–Trinajstić information content (AvgIpc) is 3.32. The smallest absolute Gasteiger partial charge is 0.259 e. The van der Waals surface area contributed by atoms with E-state index in [1.165, 1.54) is 10.4 Å². The molecule has 3 aromatic rings. The quantitative estimate of drug-likeness (QED) is 0.482. The molecule has 1 aliphatic carbocycles. The van der Waals surface area contributed by atoms with Crippen LogP contribution in [-0.4, -0.2) is 47.2 Å². The van der Waals surface area contributed by atoms with Crippen LogP contribution in [0.4, 0.5) is 0 Å². The summed E-state index contributed by atoms with van der Waals surface area (Å²) < 4.78 is 0. The van der Waals surface area contributed by atoms with E-state index in [1.807, 2.05) is 44.4 Å². The standard InChI is InChI=1S/C23H28N4O2S2/c1-27(2)13-17(15-7-4-3-5-8-15)24-20(28)11-12-30-14-19-25-22(29)21-16-9-6-10-18(16)31-23(21)26-19/h3-5,7-8,17H,6,9-14H2,1-2H3,(H,24,28)(H,25,26,29). The fourth-order valence-corrected chi connectivity index (χ4v) is 6.09. The number of nitrogens with zero attached hydrogens (tertiary/aromatic N) is 2. The van der Waals surface area contributed by atoms with E-state index in [0.29, 0.717) is 23.8 Å². The number of nitrogens with one attached hydrogen (secondary N) is 2. The zero-order valence-electron chi connectivity index (χ0n) is 17.9. The van der Waals surface area contributed by atoms with Gasteiger partial charge in [0.25, 0.3) is 5.56 Å². The lowest BCUT2D eigenvalue weighted by Crippen LogP contribution is -2.35. The van der Waals surface area contributed by atoms with E-state index >= 15 is 0 Å². The zero-order valence-corrected chi connectivity index (χ0v) is 19.6. The number of aryl methyl sites for hydroxylation is 2. The molecular formula is C23H28N4O2S2. The maximum atomic E-state index is 12.5. The molecular weight excluding hydrogens is 428 g/mol. The van der Waals surface area contributed by atoms with Crippen LogP contribution in [0, 0.1) is 0 Å². The van der Waals surface area contributed by atoms with Crippen molar-refractivity contribution < 1.29 is 4.79 Å². The van der Waals surface area contributed by atoms with E-state index < -0.39 is 0 Å². The molecule has 4 rings (SSSR count). The lowest BCUT2D eigenvalue weighted by molar-refractivity contribution is -0.121. The molecule has 0 saturated carbocycles.